The molecule has 0 bridgehead atoms. The van der Waals surface area contributed by atoms with Crippen molar-refractivity contribution >= 4 is 26.8 Å². The molecule has 0 saturated carbocycles. The summed E-state index contributed by atoms with van der Waals surface area (Å²) in [6.45, 7) is 3.01. The van der Waals surface area contributed by atoms with E-state index >= 15 is 0 Å². The molecule has 1 aromatic carbocycles. The molecule has 1 aromatic heterocycles. The van der Waals surface area contributed by atoms with Gasteiger partial charge in [-0.3, -0.25) is 9.78 Å². The average Bonchev–Trinajstić information content (AvgIpc) is 2.58. The largest absolute Gasteiger partial charge is 0.374 e. The molecule has 8 heteroatoms. The zero-order chi connectivity index (χ0) is 18.0. The summed E-state index contributed by atoms with van der Waals surface area (Å²) in [5, 5.41) is 3.63. The second-order valence-corrected chi connectivity index (χ2v) is 8.13. The lowest BCUT2D eigenvalue weighted by molar-refractivity contribution is 0.000447. The number of pyridine rings is 1. The van der Waals surface area contributed by atoms with Gasteiger partial charge < -0.3 is 10.1 Å². The van der Waals surface area contributed by atoms with E-state index in [0.29, 0.717) is 18.7 Å². The predicted octanol–water partition coefficient (Wildman–Crippen LogP) is 0.933. The molecule has 7 nitrogen and oxygen atoms in total. The summed E-state index contributed by atoms with van der Waals surface area (Å²) in [6, 6.07) is 9.23. The first-order valence-electron chi connectivity index (χ1n) is 8.06. The van der Waals surface area contributed by atoms with Crippen molar-refractivity contribution in [3.63, 3.8) is 0 Å². The minimum Gasteiger partial charge on any atom is -0.374 e. The maximum Gasteiger partial charge on any atom is 0.252 e. The van der Waals surface area contributed by atoms with E-state index in [9.17, 15) is 13.2 Å². The Morgan fingerprint density at radius 1 is 1.40 bits per heavy atom. The molecular weight excluding hydrogens is 342 g/mol. The lowest BCUT2D eigenvalue weighted by Gasteiger charge is -2.31. The van der Waals surface area contributed by atoms with Gasteiger partial charge in [0.1, 0.15) is 0 Å². The van der Waals surface area contributed by atoms with Crippen molar-refractivity contribution in [2.45, 2.75) is 13.0 Å². The fourth-order valence-corrected chi connectivity index (χ4v) is 3.76. The van der Waals surface area contributed by atoms with Gasteiger partial charge in [0.15, 0.2) is 0 Å². The van der Waals surface area contributed by atoms with Crippen LogP contribution in [0.1, 0.15) is 16.1 Å². The molecule has 3 rings (SSSR count). The third-order valence-corrected chi connectivity index (χ3v) is 5.42. The molecular formula is C17H21N3O4S. The molecule has 0 aliphatic carbocycles. The lowest BCUT2D eigenvalue weighted by atomic mass is 10.1. The molecule has 0 radical (unpaired) electrons. The number of amides is 1. The smallest absolute Gasteiger partial charge is 0.252 e. The normalized spacial score (nSPS) is 19.0. The summed E-state index contributed by atoms with van der Waals surface area (Å²) in [7, 11) is -3.25. The summed E-state index contributed by atoms with van der Waals surface area (Å²) < 4.78 is 30.2. The van der Waals surface area contributed by atoms with Crippen LogP contribution in [0, 0.1) is 6.92 Å². The lowest BCUT2D eigenvalue weighted by Crippen LogP contribution is -2.49. The van der Waals surface area contributed by atoms with Crippen molar-refractivity contribution < 1.29 is 17.9 Å². The number of aryl methyl sites for hydroxylation is 1. The van der Waals surface area contributed by atoms with Crippen LogP contribution < -0.4 is 5.32 Å². The number of hydrogen-bond donors (Lipinski definition) is 1. The summed E-state index contributed by atoms with van der Waals surface area (Å²) in [6.07, 6.45) is 0.821. The molecule has 2 heterocycles. The van der Waals surface area contributed by atoms with Gasteiger partial charge in [-0.1, -0.05) is 18.2 Å². The fraction of sp³-hybridized carbons (Fsp3) is 0.412. The number of carbonyl (C=O) groups excluding carboxylic acids is 1. The molecule has 0 unspecified atom stereocenters. The quantitative estimate of drug-likeness (QED) is 0.873. The van der Waals surface area contributed by atoms with Crippen LogP contribution in [0.15, 0.2) is 30.3 Å². The number of morpholine rings is 1. The zero-order valence-electron chi connectivity index (χ0n) is 14.2. The summed E-state index contributed by atoms with van der Waals surface area (Å²) in [4.78, 5) is 17.0. The number of aromatic nitrogens is 1. The molecule has 0 spiro atoms. The Kier molecular flexibility index (Phi) is 5.03. The van der Waals surface area contributed by atoms with Gasteiger partial charge in [0.05, 0.1) is 30.0 Å². The molecule has 1 saturated heterocycles. The van der Waals surface area contributed by atoms with Crippen LogP contribution in [0.2, 0.25) is 0 Å². The minimum atomic E-state index is -3.25. The number of rotatable bonds is 4. The number of para-hydroxylation sites is 1. The van der Waals surface area contributed by atoms with E-state index in [4.69, 9.17) is 4.74 Å². The van der Waals surface area contributed by atoms with Gasteiger partial charge in [-0.05, 0) is 19.1 Å². The second kappa shape index (κ2) is 7.07. The van der Waals surface area contributed by atoms with Crippen LogP contribution >= 0.6 is 0 Å². The standard InChI is InChI=1S/C17H21N3O4S/c1-12-9-15(14-5-3-4-6-16(14)19-12)17(21)18-10-13-11-20(7-8-24-13)25(2,22)23/h3-6,9,13H,7-8,10-11H2,1-2H3,(H,18,21)/t13-/m0/s1. The van der Waals surface area contributed by atoms with E-state index in [1.807, 2.05) is 31.2 Å². The molecule has 134 valence electrons. The maximum atomic E-state index is 12.6. The molecule has 25 heavy (non-hydrogen) atoms. The first-order valence-corrected chi connectivity index (χ1v) is 9.91. The topological polar surface area (TPSA) is 88.6 Å². The second-order valence-electron chi connectivity index (χ2n) is 6.15. The van der Waals surface area contributed by atoms with Crippen LogP contribution in [0.4, 0.5) is 0 Å². The number of nitrogens with one attached hydrogen (secondary N) is 1. The molecule has 1 N–H and O–H groups in total. The highest BCUT2D eigenvalue weighted by Crippen LogP contribution is 2.18. The van der Waals surface area contributed by atoms with Gasteiger partial charge in [-0.2, -0.15) is 4.31 Å². The van der Waals surface area contributed by atoms with E-state index in [1.165, 1.54) is 10.6 Å². The van der Waals surface area contributed by atoms with Crippen LogP contribution in [0.5, 0.6) is 0 Å². The van der Waals surface area contributed by atoms with Crippen molar-refractivity contribution in [1.82, 2.24) is 14.6 Å². The molecule has 1 aliphatic heterocycles. The fourth-order valence-electron chi connectivity index (χ4n) is 2.91. The average molecular weight is 363 g/mol. The summed E-state index contributed by atoms with van der Waals surface area (Å²) in [5.41, 5.74) is 2.09. The van der Waals surface area contributed by atoms with Crippen molar-refractivity contribution in [1.29, 1.82) is 0 Å². The van der Waals surface area contributed by atoms with Gasteiger partial charge in [0, 0.05) is 30.7 Å². The van der Waals surface area contributed by atoms with E-state index in [2.05, 4.69) is 10.3 Å². The van der Waals surface area contributed by atoms with Crippen molar-refractivity contribution in [2.75, 3.05) is 32.5 Å². The Balaban J connectivity index is 1.71. The molecule has 1 aliphatic rings. The van der Waals surface area contributed by atoms with E-state index in [-0.39, 0.29) is 25.1 Å². The van der Waals surface area contributed by atoms with Gasteiger partial charge in [0.25, 0.3) is 5.91 Å². The van der Waals surface area contributed by atoms with Crippen LogP contribution in [0.3, 0.4) is 0 Å². The number of benzene rings is 1. The maximum absolute atomic E-state index is 12.6. The van der Waals surface area contributed by atoms with E-state index in [0.717, 1.165) is 16.6 Å². The first kappa shape index (κ1) is 17.8. The summed E-state index contributed by atoms with van der Waals surface area (Å²) in [5.74, 6) is -0.221. The Morgan fingerprint density at radius 2 is 2.16 bits per heavy atom. The Labute approximate surface area is 147 Å². The predicted molar refractivity (Wildman–Crippen MR) is 95.0 cm³/mol. The van der Waals surface area contributed by atoms with Crippen LogP contribution in [-0.2, 0) is 14.8 Å². The first-order chi connectivity index (χ1) is 11.8. The third-order valence-electron chi connectivity index (χ3n) is 4.15. The SMILES string of the molecule is Cc1cc(C(=O)NC[C@H]2CN(S(C)(=O)=O)CCO2)c2ccccc2n1. The van der Waals surface area contributed by atoms with Crippen molar-refractivity contribution in [3.05, 3.63) is 41.6 Å². The number of ether oxygens (including phenoxy) is 1. The van der Waals surface area contributed by atoms with Crippen molar-refractivity contribution in [2.24, 2.45) is 0 Å². The van der Waals surface area contributed by atoms with E-state index < -0.39 is 10.0 Å². The number of hydrogen-bond acceptors (Lipinski definition) is 5. The Bertz CT molecular complexity index is 898. The highest BCUT2D eigenvalue weighted by molar-refractivity contribution is 7.88. The Morgan fingerprint density at radius 3 is 2.92 bits per heavy atom. The van der Waals surface area contributed by atoms with Crippen LogP contribution in [-0.4, -0.2) is 62.2 Å². The zero-order valence-corrected chi connectivity index (χ0v) is 15.0. The van der Waals surface area contributed by atoms with Crippen LogP contribution in [0.25, 0.3) is 10.9 Å². The minimum absolute atomic E-state index is 0.221. The molecule has 1 atom stereocenters. The van der Waals surface area contributed by atoms with Gasteiger partial charge in [-0.25, -0.2) is 8.42 Å². The highest BCUT2D eigenvalue weighted by atomic mass is 32.2. The number of nitrogens with zero attached hydrogens (tertiary/aromatic N) is 2. The number of carbonyl (C=O) groups is 1. The molecule has 1 amide bonds. The van der Waals surface area contributed by atoms with Crippen molar-refractivity contribution in [3.8, 4) is 0 Å². The van der Waals surface area contributed by atoms with Gasteiger partial charge in [0.2, 0.25) is 10.0 Å². The molecule has 2 aromatic rings. The van der Waals surface area contributed by atoms with E-state index in [1.54, 1.807) is 6.07 Å². The van der Waals surface area contributed by atoms with Gasteiger partial charge >= 0.3 is 0 Å². The summed E-state index contributed by atoms with van der Waals surface area (Å²) >= 11 is 0. The van der Waals surface area contributed by atoms with Gasteiger partial charge in [-0.15, -0.1) is 0 Å². The monoisotopic (exact) mass is 363 g/mol. The Hall–Kier alpha value is -2.03. The number of sulfonamides is 1. The molecule has 1 fully saturated rings. The number of fused-ring (bicyclic) bond motifs is 1. The highest BCUT2D eigenvalue weighted by Gasteiger charge is 2.27. The third kappa shape index (κ3) is 4.15.